The Morgan fingerprint density at radius 1 is 1.24 bits per heavy atom. The molecule has 1 aromatic carbocycles. The Morgan fingerprint density at radius 3 is 2.57 bits per heavy atom. The fourth-order valence-electron chi connectivity index (χ4n) is 2.70. The quantitative estimate of drug-likeness (QED) is 0.779. The summed E-state index contributed by atoms with van der Waals surface area (Å²) < 4.78 is 16.0. The van der Waals surface area contributed by atoms with E-state index in [9.17, 15) is 4.79 Å². The molecule has 1 saturated carbocycles. The fourth-order valence-corrected chi connectivity index (χ4v) is 2.89. The van der Waals surface area contributed by atoms with Gasteiger partial charge in [0.1, 0.15) is 5.75 Å². The van der Waals surface area contributed by atoms with E-state index < -0.39 is 0 Å². The van der Waals surface area contributed by atoms with E-state index in [0.29, 0.717) is 11.6 Å². The van der Waals surface area contributed by atoms with Crippen molar-refractivity contribution in [3.8, 4) is 5.75 Å². The molecule has 2 rings (SSSR count). The monoisotopic (exact) mass is 312 g/mol. The van der Waals surface area contributed by atoms with E-state index in [1.54, 1.807) is 13.2 Å². The van der Waals surface area contributed by atoms with Gasteiger partial charge in [0.2, 0.25) is 0 Å². The normalized spacial score (nSPS) is 21.9. The molecule has 0 N–H and O–H groups in total. The average Bonchev–Trinajstić information content (AvgIpc) is 2.52. The van der Waals surface area contributed by atoms with Crippen LogP contribution >= 0.6 is 11.6 Å². The van der Waals surface area contributed by atoms with E-state index in [-0.39, 0.29) is 18.0 Å². The van der Waals surface area contributed by atoms with Crippen LogP contribution in [0.25, 0.3) is 0 Å². The molecule has 1 aromatic rings. The van der Waals surface area contributed by atoms with Crippen LogP contribution in [-0.2, 0) is 20.9 Å². The molecule has 0 unspecified atom stereocenters. The average molecular weight is 313 g/mol. The zero-order valence-electron chi connectivity index (χ0n) is 12.4. The van der Waals surface area contributed by atoms with Crippen molar-refractivity contribution in [2.45, 2.75) is 38.4 Å². The first kappa shape index (κ1) is 16.1. The van der Waals surface area contributed by atoms with E-state index in [0.717, 1.165) is 37.0 Å². The Kier molecular flexibility index (Phi) is 5.88. The second kappa shape index (κ2) is 7.66. The zero-order valence-corrected chi connectivity index (χ0v) is 13.2. The van der Waals surface area contributed by atoms with Crippen molar-refractivity contribution in [3.05, 3.63) is 28.8 Å². The molecule has 0 radical (unpaired) electrons. The minimum atomic E-state index is -0.107. The van der Waals surface area contributed by atoms with Crippen molar-refractivity contribution < 1.29 is 19.0 Å². The molecule has 0 amide bonds. The fraction of sp³-hybridized carbons (Fsp3) is 0.562. The molecule has 0 saturated heterocycles. The number of esters is 1. The van der Waals surface area contributed by atoms with E-state index in [1.807, 2.05) is 12.1 Å². The topological polar surface area (TPSA) is 44.8 Å². The van der Waals surface area contributed by atoms with Crippen LogP contribution < -0.4 is 4.74 Å². The lowest BCUT2D eigenvalue weighted by Gasteiger charge is -2.27. The number of methoxy groups -OCH3 is 2. The van der Waals surface area contributed by atoms with Gasteiger partial charge in [-0.3, -0.25) is 4.79 Å². The van der Waals surface area contributed by atoms with Crippen LogP contribution in [0.4, 0.5) is 0 Å². The highest BCUT2D eigenvalue weighted by Crippen LogP contribution is 2.29. The van der Waals surface area contributed by atoms with Crippen molar-refractivity contribution in [3.63, 3.8) is 0 Å². The van der Waals surface area contributed by atoms with Crippen LogP contribution in [0, 0.1) is 5.92 Å². The Balaban J connectivity index is 1.85. The Hall–Kier alpha value is -1.26. The molecule has 0 aromatic heterocycles. The molecule has 5 heteroatoms. The summed E-state index contributed by atoms with van der Waals surface area (Å²) in [6, 6.07) is 5.50. The summed E-state index contributed by atoms with van der Waals surface area (Å²) in [5.74, 6) is 0.697. The van der Waals surface area contributed by atoms with Gasteiger partial charge in [-0.15, -0.1) is 0 Å². The van der Waals surface area contributed by atoms with Gasteiger partial charge in [-0.2, -0.15) is 0 Å². The predicted octanol–water partition coefficient (Wildman–Crippen LogP) is 3.60. The van der Waals surface area contributed by atoms with Crippen LogP contribution in [0.1, 0.15) is 31.2 Å². The maximum atomic E-state index is 11.5. The van der Waals surface area contributed by atoms with Gasteiger partial charge in [-0.25, -0.2) is 0 Å². The maximum Gasteiger partial charge on any atom is 0.308 e. The minimum absolute atomic E-state index is 0.0237. The standard InChI is InChI=1S/C16H21ClO4/c1-19-15-8-5-13(17)9-12(15)10-21-14-6-3-11(4-7-14)16(18)20-2/h5,8-9,11,14H,3-4,6-7,10H2,1-2H3. The van der Waals surface area contributed by atoms with Crippen LogP contribution in [0.5, 0.6) is 5.75 Å². The largest absolute Gasteiger partial charge is 0.496 e. The number of ether oxygens (including phenoxy) is 3. The number of benzene rings is 1. The van der Waals surface area contributed by atoms with Gasteiger partial charge in [0.15, 0.2) is 0 Å². The zero-order chi connectivity index (χ0) is 15.2. The molecule has 1 aliphatic carbocycles. The Bertz CT molecular complexity index is 481. The first-order chi connectivity index (χ1) is 10.1. The Labute approximate surface area is 130 Å². The number of halogens is 1. The molecule has 0 bridgehead atoms. The van der Waals surface area contributed by atoms with Crippen LogP contribution in [0.15, 0.2) is 18.2 Å². The predicted molar refractivity (Wildman–Crippen MR) is 80.6 cm³/mol. The van der Waals surface area contributed by atoms with Gasteiger partial charge in [-0.05, 0) is 43.9 Å². The summed E-state index contributed by atoms with van der Waals surface area (Å²) in [6.45, 7) is 0.470. The summed E-state index contributed by atoms with van der Waals surface area (Å²) in [7, 11) is 3.07. The van der Waals surface area contributed by atoms with Crippen LogP contribution in [-0.4, -0.2) is 26.3 Å². The highest BCUT2D eigenvalue weighted by Gasteiger charge is 2.27. The molecule has 0 spiro atoms. The first-order valence-electron chi connectivity index (χ1n) is 7.16. The number of hydrogen-bond donors (Lipinski definition) is 0. The van der Waals surface area contributed by atoms with Crippen molar-refractivity contribution in [1.82, 2.24) is 0 Å². The third-order valence-corrected chi connectivity index (χ3v) is 4.16. The van der Waals surface area contributed by atoms with Crippen LogP contribution in [0.2, 0.25) is 5.02 Å². The third-order valence-electron chi connectivity index (χ3n) is 3.93. The lowest BCUT2D eigenvalue weighted by Crippen LogP contribution is -2.26. The smallest absolute Gasteiger partial charge is 0.308 e. The van der Waals surface area contributed by atoms with E-state index >= 15 is 0 Å². The molecule has 0 atom stereocenters. The highest BCUT2D eigenvalue weighted by atomic mass is 35.5. The van der Waals surface area contributed by atoms with Gasteiger partial charge in [0, 0.05) is 10.6 Å². The van der Waals surface area contributed by atoms with E-state index in [2.05, 4.69) is 0 Å². The molecule has 0 heterocycles. The first-order valence-corrected chi connectivity index (χ1v) is 7.53. The molecule has 0 aliphatic heterocycles. The van der Waals surface area contributed by atoms with Crippen molar-refractivity contribution >= 4 is 17.6 Å². The number of carbonyl (C=O) groups excluding carboxylic acids is 1. The maximum absolute atomic E-state index is 11.5. The molecular formula is C16H21ClO4. The third kappa shape index (κ3) is 4.35. The van der Waals surface area contributed by atoms with Crippen molar-refractivity contribution in [2.24, 2.45) is 5.92 Å². The molecule has 1 fully saturated rings. The SMILES string of the molecule is COC(=O)C1CCC(OCc2cc(Cl)ccc2OC)CC1. The number of hydrogen-bond acceptors (Lipinski definition) is 4. The van der Waals surface area contributed by atoms with Gasteiger partial charge in [0.25, 0.3) is 0 Å². The van der Waals surface area contributed by atoms with E-state index in [4.69, 9.17) is 25.8 Å². The molecule has 1 aliphatic rings. The Morgan fingerprint density at radius 2 is 1.95 bits per heavy atom. The van der Waals surface area contributed by atoms with Crippen molar-refractivity contribution in [2.75, 3.05) is 14.2 Å². The number of carbonyl (C=O) groups is 1. The van der Waals surface area contributed by atoms with Gasteiger partial charge < -0.3 is 14.2 Å². The molecule has 4 nitrogen and oxygen atoms in total. The molecule has 116 valence electrons. The van der Waals surface area contributed by atoms with Gasteiger partial charge in [0.05, 0.1) is 32.8 Å². The minimum Gasteiger partial charge on any atom is -0.496 e. The van der Waals surface area contributed by atoms with Crippen LogP contribution in [0.3, 0.4) is 0 Å². The van der Waals surface area contributed by atoms with Gasteiger partial charge in [-0.1, -0.05) is 11.6 Å². The van der Waals surface area contributed by atoms with Crippen molar-refractivity contribution in [1.29, 1.82) is 0 Å². The molecule has 21 heavy (non-hydrogen) atoms. The second-order valence-electron chi connectivity index (χ2n) is 5.26. The van der Waals surface area contributed by atoms with E-state index in [1.165, 1.54) is 7.11 Å². The molecular weight excluding hydrogens is 292 g/mol. The highest BCUT2D eigenvalue weighted by molar-refractivity contribution is 6.30. The summed E-state index contributed by atoms with van der Waals surface area (Å²) >= 11 is 6.00. The summed E-state index contributed by atoms with van der Waals surface area (Å²) in [4.78, 5) is 11.5. The summed E-state index contributed by atoms with van der Waals surface area (Å²) in [6.07, 6.45) is 3.58. The summed E-state index contributed by atoms with van der Waals surface area (Å²) in [5, 5.41) is 0.670. The summed E-state index contributed by atoms with van der Waals surface area (Å²) in [5.41, 5.74) is 0.945. The second-order valence-corrected chi connectivity index (χ2v) is 5.70. The number of rotatable bonds is 5. The lowest BCUT2D eigenvalue weighted by molar-refractivity contribution is -0.147. The van der Waals surface area contributed by atoms with Gasteiger partial charge >= 0.3 is 5.97 Å². The lowest BCUT2D eigenvalue weighted by atomic mass is 9.87.